The molecule has 33 heavy (non-hydrogen) atoms. The van der Waals surface area contributed by atoms with Crippen LogP contribution in [0.5, 0.6) is 11.5 Å². The lowest BCUT2D eigenvalue weighted by atomic mass is 10.0. The van der Waals surface area contributed by atoms with Gasteiger partial charge in [0, 0.05) is 19.6 Å². The number of nitriles is 1. The zero-order valence-electron chi connectivity index (χ0n) is 18.9. The van der Waals surface area contributed by atoms with Crippen LogP contribution in [0, 0.1) is 11.3 Å². The number of nitrogens with zero attached hydrogens (tertiary/aromatic N) is 4. The molecule has 8 nitrogen and oxygen atoms in total. The molecule has 0 aliphatic carbocycles. The summed E-state index contributed by atoms with van der Waals surface area (Å²) < 4.78 is 10.6. The number of rotatable bonds is 8. The minimum atomic E-state index is -1.04. The van der Waals surface area contributed by atoms with Crippen molar-refractivity contribution in [1.29, 1.82) is 5.26 Å². The summed E-state index contributed by atoms with van der Waals surface area (Å²) in [6.07, 6.45) is 2.71. The molecule has 2 heterocycles. The number of amides is 1. The molecule has 0 radical (unpaired) electrons. The number of hydrogen-bond acceptors (Lipinski definition) is 7. The van der Waals surface area contributed by atoms with Crippen molar-refractivity contribution in [3.8, 4) is 17.6 Å². The fraction of sp³-hybridized carbons (Fsp3) is 0.360. The van der Waals surface area contributed by atoms with Gasteiger partial charge in [-0.25, -0.2) is 9.97 Å². The second-order valence-electron chi connectivity index (χ2n) is 7.91. The van der Waals surface area contributed by atoms with Crippen molar-refractivity contribution in [2.45, 2.75) is 25.2 Å². The summed E-state index contributed by atoms with van der Waals surface area (Å²) in [7, 11) is 3.18. The van der Waals surface area contributed by atoms with Gasteiger partial charge in [-0.3, -0.25) is 4.79 Å². The molecule has 1 N–H and O–H groups in total. The number of nitrogens with one attached hydrogen (secondary N) is 1. The van der Waals surface area contributed by atoms with E-state index in [-0.39, 0.29) is 5.91 Å². The number of aromatic nitrogens is 2. The highest BCUT2D eigenvalue weighted by molar-refractivity contribution is 5.88. The highest BCUT2D eigenvalue weighted by Gasteiger charge is 2.29. The van der Waals surface area contributed by atoms with Crippen LogP contribution in [-0.2, 0) is 11.2 Å². The maximum absolute atomic E-state index is 13.0. The van der Waals surface area contributed by atoms with Crippen LogP contribution in [-0.4, -0.2) is 49.7 Å². The molecule has 4 rings (SSSR count). The molecule has 0 spiro atoms. The van der Waals surface area contributed by atoms with Gasteiger partial charge in [0.05, 0.1) is 31.3 Å². The van der Waals surface area contributed by atoms with E-state index in [9.17, 15) is 10.1 Å². The standard InChI is InChI=1S/C25H27N5O3/c1-32-21-10-9-17(15-22(21)33-2)11-12-27-25(31)18(16-26)23-24(30-13-5-6-14-30)29-20-8-4-3-7-19(20)28-23/h3-4,7-10,15,18H,5-6,11-14H2,1-2H3,(H,27,31). The van der Waals surface area contributed by atoms with Crippen LogP contribution in [0.25, 0.3) is 11.0 Å². The highest BCUT2D eigenvalue weighted by Crippen LogP contribution is 2.30. The van der Waals surface area contributed by atoms with E-state index >= 15 is 0 Å². The zero-order valence-corrected chi connectivity index (χ0v) is 18.9. The molecule has 1 amide bonds. The first-order chi connectivity index (χ1) is 16.1. The van der Waals surface area contributed by atoms with Crippen molar-refractivity contribution in [2.75, 3.05) is 38.8 Å². The van der Waals surface area contributed by atoms with Gasteiger partial charge < -0.3 is 19.7 Å². The van der Waals surface area contributed by atoms with Gasteiger partial charge in [0.2, 0.25) is 5.91 Å². The molecular weight excluding hydrogens is 418 g/mol. The van der Waals surface area contributed by atoms with Crippen molar-refractivity contribution in [3.05, 3.63) is 53.7 Å². The molecule has 1 aromatic heterocycles. The predicted octanol–water partition coefficient (Wildman–Crippen LogP) is 3.21. The summed E-state index contributed by atoms with van der Waals surface area (Å²) in [6, 6.07) is 15.3. The Hall–Kier alpha value is -3.86. The smallest absolute Gasteiger partial charge is 0.243 e. The number of hydrogen-bond donors (Lipinski definition) is 1. The van der Waals surface area contributed by atoms with E-state index in [0.717, 1.165) is 37.0 Å². The monoisotopic (exact) mass is 445 g/mol. The van der Waals surface area contributed by atoms with Gasteiger partial charge >= 0.3 is 0 Å². The lowest BCUT2D eigenvalue weighted by molar-refractivity contribution is -0.121. The quantitative estimate of drug-likeness (QED) is 0.568. The largest absolute Gasteiger partial charge is 0.493 e. The third kappa shape index (κ3) is 4.82. The van der Waals surface area contributed by atoms with E-state index in [1.807, 2.05) is 42.5 Å². The number of anilines is 1. The Morgan fingerprint density at radius 3 is 2.45 bits per heavy atom. The molecule has 1 saturated heterocycles. The van der Waals surface area contributed by atoms with Crippen LogP contribution >= 0.6 is 0 Å². The Morgan fingerprint density at radius 2 is 1.79 bits per heavy atom. The molecule has 1 aliphatic heterocycles. The normalized spacial score (nSPS) is 14.0. The second kappa shape index (κ2) is 10.2. The molecule has 3 aromatic rings. The fourth-order valence-electron chi connectivity index (χ4n) is 4.07. The Labute approximate surface area is 193 Å². The number of carbonyl (C=O) groups excluding carboxylic acids is 1. The predicted molar refractivity (Wildman–Crippen MR) is 126 cm³/mol. The molecule has 170 valence electrons. The first-order valence-electron chi connectivity index (χ1n) is 11.0. The third-order valence-electron chi connectivity index (χ3n) is 5.81. The molecule has 1 atom stereocenters. The molecular formula is C25H27N5O3. The average Bonchev–Trinajstić information content (AvgIpc) is 3.39. The lowest BCUT2D eigenvalue weighted by Gasteiger charge is -2.21. The SMILES string of the molecule is COc1ccc(CCNC(=O)C(C#N)c2nc3ccccc3nc2N2CCCC2)cc1OC. The van der Waals surface area contributed by atoms with Gasteiger partial charge in [-0.1, -0.05) is 18.2 Å². The number of carbonyl (C=O) groups is 1. The summed E-state index contributed by atoms with van der Waals surface area (Å²) in [5, 5.41) is 12.8. The Bertz CT molecular complexity index is 1180. The third-order valence-corrected chi connectivity index (χ3v) is 5.81. The van der Waals surface area contributed by atoms with Gasteiger partial charge in [-0.15, -0.1) is 0 Å². The fourth-order valence-corrected chi connectivity index (χ4v) is 4.07. The minimum absolute atomic E-state index is 0.372. The summed E-state index contributed by atoms with van der Waals surface area (Å²) in [4.78, 5) is 24.6. The molecule has 8 heteroatoms. The van der Waals surface area contributed by atoms with Gasteiger partial charge in [-0.2, -0.15) is 5.26 Å². The Balaban J connectivity index is 1.52. The molecule has 2 aromatic carbocycles. The Morgan fingerprint density at radius 1 is 1.09 bits per heavy atom. The van der Waals surface area contributed by atoms with Crippen LogP contribution in [0.4, 0.5) is 5.82 Å². The number of fused-ring (bicyclic) bond motifs is 1. The van der Waals surface area contributed by atoms with Crippen LogP contribution in [0.1, 0.15) is 30.0 Å². The average molecular weight is 446 g/mol. The molecule has 1 aliphatic rings. The summed E-state index contributed by atoms with van der Waals surface area (Å²) in [5.41, 5.74) is 2.84. The van der Waals surface area contributed by atoms with Gasteiger partial charge in [0.1, 0.15) is 5.69 Å². The van der Waals surface area contributed by atoms with Crippen molar-refractivity contribution in [2.24, 2.45) is 0 Å². The number of ether oxygens (including phenoxy) is 2. The molecule has 0 saturated carbocycles. The maximum atomic E-state index is 13.0. The number of para-hydroxylation sites is 2. The first-order valence-corrected chi connectivity index (χ1v) is 11.0. The van der Waals surface area contributed by atoms with Crippen molar-refractivity contribution in [3.63, 3.8) is 0 Å². The van der Waals surface area contributed by atoms with Crippen LogP contribution < -0.4 is 19.7 Å². The molecule has 1 fully saturated rings. The summed E-state index contributed by atoms with van der Waals surface area (Å²) in [6.45, 7) is 2.07. The van der Waals surface area contributed by atoms with Crippen molar-refractivity contribution < 1.29 is 14.3 Å². The second-order valence-corrected chi connectivity index (χ2v) is 7.91. The minimum Gasteiger partial charge on any atom is -0.493 e. The van der Waals surface area contributed by atoms with Gasteiger partial charge in [0.15, 0.2) is 23.2 Å². The van der Waals surface area contributed by atoms with Gasteiger partial charge in [0.25, 0.3) is 0 Å². The van der Waals surface area contributed by atoms with Crippen molar-refractivity contribution in [1.82, 2.24) is 15.3 Å². The summed E-state index contributed by atoms with van der Waals surface area (Å²) >= 11 is 0. The van der Waals surface area contributed by atoms with E-state index in [2.05, 4.69) is 16.3 Å². The lowest BCUT2D eigenvalue weighted by Crippen LogP contribution is -2.32. The van der Waals surface area contributed by atoms with Crippen LogP contribution in [0.2, 0.25) is 0 Å². The van der Waals surface area contributed by atoms with E-state index in [1.165, 1.54) is 0 Å². The molecule has 0 bridgehead atoms. The van der Waals surface area contributed by atoms with Crippen molar-refractivity contribution >= 4 is 22.8 Å². The zero-order chi connectivity index (χ0) is 23.2. The highest BCUT2D eigenvalue weighted by atomic mass is 16.5. The van der Waals surface area contributed by atoms with E-state index in [1.54, 1.807) is 14.2 Å². The summed E-state index contributed by atoms with van der Waals surface area (Å²) in [5.74, 6) is 0.510. The van der Waals surface area contributed by atoms with Crippen LogP contribution in [0.3, 0.4) is 0 Å². The van der Waals surface area contributed by atoms with E-state index in [0.29, 0.717) is 41.5 Å². The molecule has 1 unspecified atom stereocenters. The Kier molecular flexibility index (Phi) is 6.89. The maximum Gasteiger partial charge on any atom is 0.243 e. The first kappa shape index (κ1) is 22.3. The van der Waals surface area contributed by atoms with E-state index in [4.69, 9.17) is 19.4 Å². The topological polar surface area (TPSA) is 100 Å². The van der Waals surface area contributed by atoms with Crippen LogP contribution in [0.15, 0.2) is 42.5 Å². The van der Waals surface area contributed by atoms with Gasteiger partial charge in [-0.05, 0) is 49.1 Å². The van der Waals surface area contributed by atoms with E-state index < -0.39 is 5.92 Å². The number of methoxy groups -OCH3 is 2. The number of benzene rings is 2.